The van der Waals surface area contributed by atoms with Gasteiger partial charge in [-0.15, -0.1) is 0 Å². The molecular weight excluding hydrogens is 404 g/mol. The fourth-order valence-electron chi connectivity index (χ4n) is 3.14. The molecule has 124 valence electrons. The lowest BCUT2D eigenvalue weighted by Gasteiger charge is -2.14. The van der Waals surface area contributed by atoms with Crippen LogP contribution in [0.1, 0.15) is 5.56 Å². The van der Waals surface area contributed by atoms with Gasteiger partial charge in [-0.25, -0.2) is 4.90 Å². The van der Waals surface area contributed by atoms with Gasteiger partial charge in [0.05, 0.1) is 11.3 Å². The van der Waals surface area contributed by atoms with Crippen LogP contribution in [0.4, 0.5) is 5.69 Å². The van der Waals surface area contributed by atoms with Gasteiger partial charge < -0.3 is 4.57 Å². The first kappa shape index (κ1) is 16.1. The second kappa shape index (κ2) is 5.86. The number of anilines is 1. The zero-order valence-electron chi connectivity index (χ0n) is 13.2. The van der Waals surface area contributed by atoms with E-state index in [9.17, 15) is 9.59 Å². The van der Waals surface area contributed by atoms with Crippen molar-refractivity contribution < 1.29 is 9.59 Å². The molecule has 0 unspecified atom stereocenters. The molecule has 0 bridgehead atoms. The van der Waals surface area contributed by atoms with Crippen LogP contribution < -0.4 is 4.90 Å². The number of carbonyl (C=O) groups excluding carboxylic acids is 2. The number of aromatic nitrogens is 1. The Kier molecular flexibility index (Phi) is 3.78. The molecule has 1 aliphatic rings. The number of nitrogens with zero attached hydrogens (tertiary/aromatic N) is 2. The van der Waals surface area contributed by atoms with Gasteiger partial charge in [0.15, 0.2) is 0 Å². The molecular formula is C19H12BrClN2O2. The van der Waals surface area contributed by atoms with Gasteiger partial charge in [-0.3, -0.25) is 9.59 Å². The Morgan fingerprint density at radius 3 is 2.40 bits per heavy atom. The molecule has 2 amide bonds. The maximum atomic E-state index is 13.0. The quantitative estimate of drug-likeness (QED) is 0.580. The van der Waals surface area contributed by atoms with E-state index in [0.717, 1.165) is 20.3 Å². The summed E-state index contributed by atoms with van der Waals surface area (Å²) in [5.41, 5.74) is 2.32. The number of benzene rings is 2. The molecule has 0 atom stereocenters. The van der Waals surface area contributed by atoms with Crippen LogP contribution in [0.3, 0.4) is 0 Å². The van der Waals surface area contributed by atoms with Gasteiger partial charge in [-0.1, -0.05) is 51.8 Å². The van der Waals surface area contributed by atoms with E-state index in [1.54, 1.807) is 24.3 Å². The highest BCUT2D eigenvalue weighted by Crippen LogP contribution is 2.40. The van der Waals surface area contributed by atoms with Crippen molar-refractivity contribution in [2.24, 2.45) is 7.05 Å². The van der Waals surface area contributed by atoms with E-state index < -0.39 is 11.8 Å². The molecule has 0 N–H and O–H groups in total. The topological polar surface area (TPSA) is 42.3 Å². The van der Waals surface area contributed by atoms with E-state index >= 15 is 0 Å². The minimum Gasteiger partial charge on any atom is -0.350 e. The Morgan fingerprint density at radius 2 is 1.68 bits per heavy atom. The molecule has 4 nitrogen and oxygen atoms in total. The summed E-state index contributed by atoms with van der Waals surface area (Å²) in [5.74, 6) is -0.915. The maximum absolute atomic E-state index is 13.0. The molecule has 0 aliphatic carbocycles. The summed E-state index contributed by atoms with van der Waals surface area (Å²) in [6.07, 6.45) is 1.83. The van der Waals surface area contributed by atoms with E-state index in [0.29, 0.717) is 11.3 Å². The van der Waals surface area contributed by atoms with Crippen molar-refractivity contribution in [2.75, 3.05) is 4.90 Å². The van der Waals surface area contributed by atoms with Crippen molar-refractivity contribution >= 4 is 61.5 Å². The van der Waals surface area contributed by atoms with Crippen molar-refractivity contribution in [3.8, 4) is 0 Å². The molecule has 2 aromatic carbocycles. The average Bonchev–Trinajstić information content (AvgIpc) is 3.04. The smallest absolute Gasteiger partial charge is 0.277 e. The average molecular weight is 416 g/mol. The number of halogens is 2. The number of para-hydroxylation sites is 1. The molecule has 2 heterocycles. The van der Waals surface area contributed by atoms with E-state index in [1.807, 2.05) is 42.1 Å². The number of rotatable bonds is 2. The minimum absolute atomic E-state index is 0.0582. The van der Waals surface area contributed by atoms with Gasteiger partial charge in [0.25, 0.3) is 11.8 Å². The number of aryl methyl sites for hydroxylation is 1. The third-order valence-corrected chi connectivity index (χ3v) is 5.29. The lowest BCUT2D eigenvalue weighted by Crippen LogP contribution is -2.31. The van der Waals surface area contributed by atoms with Crippen LogP contribution in [0, 0.1) is 0 Å². The van der Waals surface area contributed by atoms with Crippen LogP contribution in [0.5, 0.6) is 0 Å². The highest BCUT2D eigenvalue weighted by Gasteiger charge is 2.40. The van der Waals surface area contributed by atoms with Crippen molar-refractivity contribution in [1.82, 2.24) is 4.57 Å². The van der Waals surface area contributed by atoms with Crippen LogP contribution in [0.25, 0.3) is 16.5 Å². The number of hydrogen-bond donors (Lipinski definition) is 0. The Bertz CT molecular complexity index is 1070. The van der Waals surface area contributed by atoms with Crippen molar-refractivity contribution in [2.45, 2.75) is 0 Å². The zero-order valence-corrected chi connectivity index (χ0v) is 15.5. The SMILES string of the molecule is Cn1cc(C2=C(Cl)C(=O)N(c3ccccc3)C2=O)c2c(Br)cccc21. The first-order valence-corrected chi connectivity index (χ1v) is 8.75. The largest absolute Gasteiger partial charge is 0.350 e. The second-order valence-corrected chi connectivity index (χ2v) is 6.99. The van der Waals surface area contributed by atoms with Crippen molar-refractivity contribution in [3.05, 3.63) is 69.8 Å². The van der Waals surface area contributed by atoms with E-state index in [1.165, 1.54) is 0 Å². The summed E-state index contributed by atoms with van der Waals surface area (Å²) in [6.45, 7) is 0. The summed E-state index contributed by atoms with van der Waals surface area (Å²) in [5, 5.41) is 0.798. The molecule has 1 aliphatic heterocycles. The lowest BCUT2D eigenvalue weighted by molar-refractivity contribution is -0.119. The Hall–Kier alpha value is -2.37. The fraction of sp³-hybridized carbons (Fsp3) is 0.0526. The van der Waals surface area contributed by atoms with Crippen LogP contribution in [0.2, 0.25) is 0 Å². The van der Waals surface area contributed by atoms with E-state index in [2.05, 4.69) is 15.9 Å². The van der Waals surface area contributed by atoms with Gasteiger partial charge in [0.1, 0.15) is 5.03 Å². The Balaban J connectivity index is 1.92. The lowest BCUT2D eigenvalue weighted by atomic mass is 10.1. The third kappa shape index (κ3) is 2.34. The van der Waals surface area contributed by atoms with Gasteiger partial charge in [-0.2, -0.15) is 0 Å². The molecule has 6 heteroatoms. The summed E-state index contributed by atoms with van der Waals surface area (Å²) in [7, 11) is 1.89. The number of hydrogen-bond acceptors (Lipinski definition) is 2. The van der Waals surface area contributed by atoms with E-state index in [-0.39, 0.29) is 10.6 Å². The van der Waals surface area contributed by atoms with Crippen LogP contribution in [-0.2, 0) is 16.6 Å². The predicted molar refractivity (Wildman–Crippen MR) is 102 cm³/mol. The monoisotopic (exact) mass is 414 g/mol. The standard InChI is InChI=1S/C19H12BrClN2O2/c1-22-10-12(15-13(20)8-5-9-14(15)22)16-17(21)19(25)23(18(16)24)11-6-3-2-4-7-11/h2-10H,1H3. The van der Waals surface area contributed by atoms with Crippen LogP contribution in [0.15, 0.2) is 64.2 Å². The summed E-state index contributed by atoms with van der Waals surface area (Å²) in [4.78, 5) is 26.8. The molecule has 0 saturated carbocycles. The Labute approximate surface area is 157 Å². The number of imide groups is 1. The molecule has 4 rings (SSSR count). The molecule has 0 saturated heterocycles. The first-order valence-electron chi connectivity index (χ1n) is 7.58. The zero-order chi connectivity index (χ0) is 17.7. The molecule has 0 fully saturated rings. The number of carbonyl (C=O) groups is 2. The van der Waals surface area contributed by atoms with Gasteiger partial charge in [-0.05, 0) is 24.3 Å². The number of fused-ring (bicyclic) bond motifs is 1. The molecule has 3 aromatic rings. The van der Waals surface area contributed by atoms with Crippen LogP contribution >= 0.6 is 27.5 Å². The summed E-state index contributed by atoms with van der Waals surface area (Å²) >= 11 is 9.84. The fourth-order valence-corrected chi connectivity index (χ4v) is 3.98. The summed E-state index contributed by atoms with van der Waals surface area (Å²) < 4.78 is 2.76. The molecule has 0 radical (unpaired) electrons. The molecule has 1 aromatic heterocycles. The number of amides is 2. The molecule has 25 heavy (non-hydrogen) atoms. The van der Waals surface area contributed by atoms with Gasteiger partial charge in [0.2, 0.25) is 0 Å². The Morgan fingerprint density at radius 1 is 0.960 bits per heavy atom. The second-order valence-electron chi connectivity index (χ2n) is 5.76. The summed E-state index contributed by atoms with van der Waals surface area (Å²) in [6, 6.07) is 14.6. The maximum Gasteiger partial charge on any atom is 0.277 e. The highest BCUT2D eigenvalue weighted by atomic mass is 79.9. The molecule has 0 spiro atoms. The third-order valence-electron chi connectivity index (χ3n) is 4.27. The highest BCUT2D eigenvalue weighted by molar-refractivity contribution is 9.10. The van der Waals surface area contributed by atoms with Crippen molar-refractivity contribution in [3.63, 3.8) is 0 Å². The van der Waals surface area contributed by atoms with Crippen molar-refractivity contribution in [1.29, 1.82) is 0 Å². The normalized spacial score (nSPS) is 14.9. The predicted octanol–water partition coefficient (Wildman–Crippen LogP) is 4.46. The first-order chi connectivity index (χ1) is 12.0. The van der Waals surface area contributed by atoms with Gasteiger partial charge in [0, 0.05) is 34.2 Å². The minimum atomic E-state index is -0.503. The van der Waals surface area contributed by atoms with E-state index in [4.69, 9.17) is 11.6 Å². The van der Waals surface area contributed by atoms with Crippen LogP contribution in [-0.4, -0.2) is 16.4 Å². The van der Waals surface area contributed by atoms with Gasteiger partial charge >= 0.3 is 0 Å².